The zero-order chi connectivity index (χ0) is 20.1. The molecule has 3 rings (SSSR count). The van der Waals surface area contributed by atoms with Crippen LogP contribution < -0.4 is 10.3 Å². The summed E-state index contributed by atoms with van der Waals surface area (Å²) in [5.74, 6) is 1.83. The summed E-state index contributed by atoms with van der Waals surface area (Å²) in [4.78, 5) is 16.1. The Morgan fingerprint density at radius 3 is 2.57 bits per heavy atom. The highest BCUT2D eigenvalue weighted by atomic mass is 32.2. The fourth-order valence-electron chi connectivity index (χ4n) is 3.47. The number of nitrogens with zero attached hydrogens (tertiary/aromatic N) is 3. The van der Waals surface area contributed by atoms with Crippen LogP contribution in [0.1, 0.15) is 45.7 Å². The molecule has 0 saturated heterocycles. The molecular formula is C22H31N3O2S. The molecular weight excluding hydrogens is 370 g/mol. The standard InChI is InChI=1S/C22H31N3O2S/c1-5-24(6-2)13-7-14-27-18-10-8-17(9-11-18)20-21-19(12-15-28-21)22(26)25(23-20)16(3)4/h8-11,16H,5-7,12-15H2,1-4H3. The van der Waals surface area contributed by atoms with Gasteiger partial charge in [0.05, 0.1) is 12.6 Å². The van der Waals surface area contributed by atoms with Crippen molar-refractivity contribution in [3.8, 4) is 17.0 Å². The topological polar surface area (TPSA) is 47.4 Å². The van der Waals surface area contributed by atoms with Gasteiger partial charge >= 0.3 is 0 Å². The first kappa shape index (κ1) is 20.9. The molecule has 28 heavy (non-hydrogen) atoms. The Morgan fingerprint density at radius 1 is 1.21 bits per heavy atom. The second-order valence-electron chi connectivity index (χ2n) is 7.35. The van der Waals surface area contributed by atoms with Gasteiger partial charge in [-0.1, -0.05) is 13.8 Å². The van der Waals surface area contributed by atoms with Crippen molar-refractivity contribution in [2.45, 2.75) is 51.5 Å². The van der Waals surface area contributed by atoms with Gasteiger partial charge in [-0.05, 0) is 64.0 Å². The Bertz CT molecular complexity index is 842. The van der Waals surface area contributed by atoms with E-state index in [4.69, 9.17) is 9.84 Å². The van der Waals surface area contributed by atoms with Crippen molar-refractivity contribution in [3.05, 3.63) is 40.2 Å². The summed E-state index contributed by atoms with van der Waals surface area (Å²) in [7, 11) is 0. The normalized spacial score (nSPS) is 13.4. The molecule has 0 atom stereocenters. The van der Waals surface area contributed by atoms with Gasteiger partial charge in [0.1, 0.15) is 11.4 Å². The summed E-state index contributed by atoms with van der Waals surface area (Å²) in [6.07, 6.45) is 1.85. The van der Waals surface area contributed by atoms with Crippen LogP contribution in [0.25, 0.3) is 11.3 Å². The van der Waals surface area contributed by atoms with E-state index >= 15 is 0 Å². The van der Waals surface area contributed by atoms with Crippen molar-refractivity contribution in [1.29, 1.82) is 0 Å². The molecule has 0 unspecified atom stereocenters. The molecule has 1 aromatic heterocycles. The Balaban J connectivity index is 1.73. The summed E-state index contributed by atoms with van der Waals surface area (Å²) >= 11 is 1.74. The molecule has 0 radical (unpaired) electrons. The number of fused-ring (bicyclic) bond motifs is 1. The van der Waals surface area contributed by atoms with Crippen LogP contribution >= 0.6 is 11.8 Å². The number of thioether (sulfide) groups is 1. The van der Waals surface area contributed by atoms with Crippen LogP contribution in [-0.2, 0) is 6.42 Å². The van der Waals surface area contributed by atoms with Gasteiger partial charge in [-0.2, -0.15) is 5.10 Å². The monoisotopic (exact) mass is 401 g/mol. The number of rotatable bonds is 9. The first-order chi connectivity index (χ1) is 13.5. The van der Waals surface area contributed by atoms with Crippen molar-refractivity contribution < 1.29 is 4.74 Å². The maximum Gasteiger partial charge on any atom is 0.271 e. The average molecular weight is 402 g/mol. The SMILES string of the molecule is CCN(CC)CCCOc1ccc(-c2nn(C(C)C)c(=O)c3c2SCC3)cc1. The molecule has 0 N–H and O–H groups in total. The van der Waals surface area contributed by atoms with Crippen molar-refractivity contribution >= 4 is 11.8 Å². The predicted molar refractivity (Wildman–Crippen MR) is 117 cm³/mol. The van der Waals surface area contributed by atoms with E-state index in [1.54, 1.807) is 16.4 Å². The van der Waals surface area contributed by atoms with E-state index in [9.17, 15) is 4.79 Å². The lowest BCUT2D eigenvalue weighted by atomic mass is 10.1. The largest absolute Gasteiger partial charge is 0.494 e. The van der Waals surface area contributed by atoms with Gasteiger partial charge in [-0.15, -0.1) is 11.8 Å². The second kappa shape index (κ2) is 9.61. The zero-order valence-corrected chi connectivity index (χ0v) is 18.2. The van der Waals surface area contributed by atoms with E-state index in [1.165, 1.54) is 0 Å². The van der Waals surface area contributed by atoms with Gasteiger partial charge in [0.15, 0.2) is 0 Å². The zero-order valence-electron chi connectivity index (χ0n) is 17.4. The average Bonchev–Trinajstić information content (AvgIpc) is 3.19. The highest BCUT2D eigenvalue weighted by Crippen LogP contribution is 2.37. The Morgan fingerprint density at radius 2 is 1.93 bits per heavy atom. The van der Waals surface area contributed by atoms with Crippen LogP contribution in [0.2, 0.25) is 0 Å². The molecule has 0 fully saturated rings. The molecule has 0 aliphatic carbocycles. The molecule has 5 nitrogen and oxygen atoms in total. The maximum atomic E-state index is 12.6. The third-order valence-corrected chi connectivity index (χ3v) is 6.30. The van der Waals surface area contributed by atoms with Crippen molar-refractivity contribution in [2.24, 2.45) is 0 Å². The minimum absolute atomic E-state index is 0.0514. The van der Waals surface area contributed by atoms with Gasteiger partial charge in [0.25, 0.3) is 5.56 Å². The van der Waals surface area contributed by atoms with E-state index in [2.05, 4.69) is 30.9 Å². The lowest BCUT2D eigenvalue weighted by molar-refractivity contribution is 0.249. The molecule has 0 saturated carbocycles. The van der Waals surface area contributed by atoms with Crippen molar-refractivity contribution in [2.75, 3.05) is 32.0 Å². The summed E-state index contributed by atoms with van der Waals surface area (Å²) in [6, 6.07) is 8.17. The first-order valence-electron chi connectivity index (χ1n) is 10.3. The van der Waals surface area contributed by atoms with Gasteiger partial charge in [0, 0.05) is 28.3 Å². The summed E-state index contributed by atoms with van der Waals surface area (Å²) < 4.78 is 7.53. The fourth-order valence-corrected chi connectivity index (χ4v) is 4.64. The number of benzene rings is 1. The number of aromatic nitrogens is 2. The van der Waals surface area contributed by atoms with Crippen LogP contribution in [0.4, 0.5) is 0 Å². The number of ether oxygens (including phenoxy) is 1. The van der Waals surface area contributed by atoms with E-state index in [0.29, 0.717) is 0 Å². The number of hydrogen-bond acceptors (Lipinski definition) is 5. The van der Waals surface area contributed by atoms with Crippen LogP contribution in [0.3, 0.4) is 0 Å². The van der Waals surface area contributed by atoms with Gasteiger partial charge in [-0.3, -0.25) is 4.79 Å². The van der Waals surface area contributed by atoms with Gasteiger partial charge in [-0.25, -0.2) is 4.68 Å². The van der Waals surface area contributed by atoms with E-state index < -0.39 is 0 Å². The predicted octanol–water partition coefficient (Wildman–Crippen LogP) is 4.25. The quantitative estimate of drug-likeness (QED) is 0.588. The maximum absolute atomic E-state index is 12.6. The molecule has 1 aliphatic heterocycles. The highest BCUT2D eigenvalue weighted by Gasteiger charge is 2.24. The molecule has 2 aromatic rings. The van der Waals surface area contributed by atoms with Crippen molar-refractivity contribution in [1.82, 2.24) is 14.7 Å². The molecule has 2 heterocycles. The van der Waals surface area contributed by atoms with E-state index in [1.807, 2.05) is 26.0 Å². The summed E-state index contributed by atoms with van der Waals surface area (Å²) in [5, 5.41) is 4.69. The molecule has 1 aliphatic rings. The van der Waals surface area contributed by atoms with E-state index in [0.717, 1.165) is 72.3 Å². The van der Waals surface area contributed by atoms with Gasteiger partial charge < -0.3 is 9.64 Å². The molecule has 6 heteroatoms. The molecule has 1 aromatic carbocycles. The summed E-state index contributed by atoms with van der Waals surface area (Å²) in [6.45, 7) is 12.3. The van der Waals surface area contributed by atoms with Crippen molar-refractivity contribution in [3.63, 3.8) is 0 Å². The fraction of sp³-hybridized carbons (Fsp3) is 0.545. The molecule has 0 bridgehead atoms. The number of hydrogen-bond donors (Lipinski definition) is 0. The Labute approximate surface area is 172 Å². The molecule has 0 amide bonds. The van der Waals surface area contributed by atoms with E-state index in [-0.39, 0.29) is 11.6 Å². The lowest BCUT2D eigenvalue weighted by Crippen LogP contribution is -2.28. The third kappa shape index (κ3) is 4.61. The van der Waals surface area contributed by atoms with Gasteiger partial charge in [0.2, 0.25) is 0 Å². The molecule has 152 valence electrons. The third-order valence-electron chi connectivity index (χ3n) is 5.16. The second-order valence-corrected chi connectivity index (χ2v) is 8.46. The van der Waals surface area contributed by atoms with Crippen LogP contribution in [0.5, 0.6) is 5.75 Å². The summed E-state index contributed by atoms with van der Waals surface area (Å²) in [5.41, 5.74) is 2.93. The minimum atomic E-state index is 0.0514. The minimum Gasteiger partial charge on any atom is -0.494 e. The van der Waals surface area contributed by atoms with Crippen LogP contribution in [-0.4, -0.2) is 46.7 Å². The smallest absolute Gasteiger partial charge is 0.271 e. The Hall–Kier alpha value is -1.79. The Kier molecular flexibility index (Phi) is 7.18. The first-order valence-corrected chi connectivity index (χ1v) is 11.3. The van der Waals surface area contributed by atoms with Crippen LogP contribution in [0, 0.1) is 0 Å². The molecule has 0 spiro atoms. The van der Waals surface area contributed by atoms with Crippen LogP contribution in [0.15, 0.2) is 34.0 Å². The lowest BCUT2D eigenvalue weighted by Gasteiger charge is -2.17. The highest BCUT2D eigenvalue weighted by molar-refractivity contribution is 7.99.